The van der Waals surface area contributed by atoms with E-state index >= 15 is 0 Å². The largest absolute Gasteiger partial charge is 0.271 e. The van der Waals surface area contributed by atoms with Crippen molar-refractivity contribution in [2.24, 2.45) is 5.92 Å². The van der Waals surface area contributed by atoms with Crippen molar-refractivity contribution in [2.45, 2.75) is 0 Å². The number of carbonyl (C=O) groups is 1. The highest BCUT2D eigenvalue weighted by molar-refractivity contribution is 5.92. The summed E-state index contributed by atoms with van der Waals surface area (Å²) in [5.41, 5.74) is 1.49. The molecule has 1 aliphatic carbocycles. The lowest BCUT2D eigenvalue weighted by Gasteiger charge is -2.03. The molecule has 0 radical (unpaired) electrons. The van der Waals surface area contributed by atoms with Gasteiger partial charge < -0.3 is 0 Å². The van der Waals surface area contributed by atoms with Crippen LogP contribution in [-0.4, -0.2) is 20.9 Å². The van der Waals surface area contributed by atoms with Crippen molar-refractivity contribution in [1.29, 1.82) is 0 Å². The Morgan fingerprint density at radius 2 is 1.94 bits per heavy atom. The van der Waals surface area contributed by atoms with E-state index in [1.807, 2.05) is 48.6 Å². The van der Waals surface area contributed by atoms with E-state index in [9.17, 15) is 4.79 Å². The molecule has 0 spiro atoms. The molecule has 0 aliphatic heterocycles. The molecule has 1 heterocycles. The molecule has 4 nitrogen and oxygen atoms in total. The van der Waals surface area contributed by atoms with Crippen LogP contribution in [0, 0.1) is 5.92 Å². The average Bonchev–Trinajstić information content (AvgIpc) is 2.98. The molecule has 1 aromatic heterocycles. The quantitative estimate of drug-likeness (QED) is 0.722. The van der Waals surface area contributed by atoms with E-state index < -0.39 is 0 Å². The van der Waals surface area contributed by atoms with Gasteiger partial charge in [-0.1, -0.05) is 41.7 Å². The predicted octanol–water partition coefficient (Wildman–Crippen LogP) is 1.81. The van der Waals surface area contributed by atoms with Crippen molar-refractivity contribution in [3.63, 3.8) is 0 Å². The van der Waals surface area contributed by atoms with Gasteiger partial charge in [0.05, 0.1) is 11.4 Å². The zero-order valence-electron chi connectivity index (χ0n) is 8.45. The Bertz CT molecular complexity index is 598. The Morgan fingerprint density at radius 1 is 1.19 bits per heavy atom. The van der Waals surface area contributed by atoms with Gasteiger partial charge in [-0.05, 0) is 12.1 Å². The fraction of sp³-hybridized carbons (Fsp3) is 0.0833. The highest BCUT2D eigenvalue weighted by Gasteiger charge is 2.19. The van der Waals surface area contributed by atoms with E-state index in [-0.39, 0.29) is 11.8 Å². The number of hydrogen-bond acceptors (Lipinski definition) is 3. The zero-order chi connectivity index (χ0) is 11.0. The number of carbonyl (C=O) groups excluding carboxylic acids is 1. The summed E-state index contributed by atoms with van der Waals surface area (Å²) in [6.07, 6.45) is 7.42. The van der Waals surface area contributed by atoms with Gasteiger partial charge in [0, 0.05) is 0 Å². The Kier molecular flexibility index (Phi) is 1.93. The standard InChI is InChI=1S/C12H9N3O/c16-12(9-5-1-2-6-9)15-11-8-4-3-7-10(11)13-14-15/h1-9H. The number of hydrogen-bond donors (Lipinski definition) is 0. The number of nitrogens with zero attached hydrogens (tertiary/aromatic N) is 3. The van der Waals surface area contributed by atoms with Gasteiger partial charge in [-0.25, -0.2) is 0 Å². The highest BCUT2D eigenvalue weighted by Crippen LogP contribution is 2.15. The van der Waals surface area contributed by atoms with Gasteiger partial charge >= 0.3 is 0 Å². The first-order chi connectivity index (χ1) is 7.86. The molecule has 78 valence electrons. The molecule has 1 aromatic carbocycles. The van der Waals surface area contributed by atoms with Gasteiger partial charge in [0.15, 0.2) is 0 Å². The molecule has 0 fully saturated rings. The molecular formula is C12H9N3O. The molecule has 2 aromatic rings. The summed E-state index contributed by atoms with van der Waals surface area (Å²) >= 11 is 0. The summed E-state index contributed by atoms with van der Waals surface area (Å²) in [6.45, 7) is 0. The molecular weight excluding hydrogens is 202 g/mol. The molecule has 0 saturated carbocycles. The van der Waals surface area contributed by atoms with Crippen LogP contribution in [0.4, 0.5) is 0 Å². The molecule has 0 saturated heterocycles. The highest BCUT2D eigenvalue weighted by atomic mass is 16.2. The molecule has 0 amide bonds. The van der Waals surface area contributed by atoms with Gasteiger partial charge in [-0.2, -0.15) is 4.68 Å². The summed E-state index contributed by atoms with van der Waals surface area (Å²) in [7, 11) is 0. The summed E-state index contributed by atoms with van der Waals surface area (Å²) in [5, 5.41) is 7.84. The molecule has 0 bridgehead atoms. The van der Waals surface area contributed by atoms with E-state index in [2.05, 4.69) is 10.3 Å². The summed E-state index contributed by atoms with van der Waals surface area (Å²) in [4.78, 5) is 12.1. The van der Waals surface area contributed by atoms with Crippen molar-refractivity contribution in [3.8, 4) is 0 Å². The van der Waals surface area contributed by atoms with Gasteiger partial charge in [0.2, 0.25) is 0 Å². The number of benzene rings is 1. The van der Waals surface area contributed by atoms with Crippen LogP contribution in [0.15, 0.2) is 48.6 Å². The summed E-state index contributed by atoms with van der Waals surface area (Å²) in [6, 6.07) is 7.43. The van der Waals surface area contributed by atoms with Crippen molar-refractivity contribution in [1.82, 2.24) is 15.0 Å². The van der Waals surface area contributed by atoms with Gasteiger partial charge in [0.1, 0.15) is 5.52 Å². The van der Waals surface area contributed by atoms with Crippen LogP contribution in [0.25, 0.3) is 11.0 Å². The molecule has 0 atom stereocenters. The maximum Gasteiger partial charge on any atom is 0.259 e. The molecule has 0 N–H and O–H groups in total. The van der Waals surface area contributed by atoms with Crippen LogP contribution in [0.3, 0.4) is 0 Å². The molecule has 16 heavy (non-hydrogen) atoms. The van der Waals surface area contributed by atoms with Crippen molar-refractivity contribution in [2.75, 3.05) is 0 Å². The summed E-state index contributed by atoms with van der Waals surface area (Å²) in [5.74, 6) is -0.288. The fourth-order valence-corrected chi connectivity index (χ4v) is 1.77. The van der Waals surface area contributed by atoms with Crippen LogP contribution in [0.5, 0.6) is 0 Å². The van der Waals surface area contributed by atoms with E-state index in [4.69, 9.17) is 0 Å². The lowest BCUT2D eigenvalue weighted by Crippen LogP contribution is -2.19. The average molecular weight is 211 g/mol. The van der Waals surface area contributed by atoms with Crippen LogP contribution >= 0.6 is 0 Å². The third-order valence-corrected chi connectivity index (χ3v) is 2.59. The topological polar surface area (TPSA) is 47.8 Å². The number of aromatic nitrogens is 3. The Labute approximate surface area is 91.9 Å². The van der Waals surface area contributed by atoms with Gasteiger partial charge in [-0.3, -0.25) is 4.79 Å². The fourth-order valence-electron chi connectivity index (χ4n) is 1.77. The number of para-hydroxylation sites is 1. The second-order valence-electron chi connectivity index (χ2n) is 3.62. The SMILES string of the molecule is O=C(C1C=CC=C1)n1nnc2ccccc21. The van der Waals surface area contributed by atoms with Crippen molar-refractivity contribution >= 4 is 16.9 Å². The smallest absolute Gasteiger partial charge is 0.259 e. The minimum absolute atomic E-state index is 0.0706. The second-order valence-corrected chi connectivity index (χ2v) is 3.62. The maximum absolute atomic E-state index is 12.1. The van der Waals surface area contributed by atoms with Crippen LogP contribution in [0.2, 0.25) is 0 Å². The third-order valence-electron chi connectivity index (χ3n) is 2.59. The molecule has 1 aliphatic rings. The molecule has 0 unspecified atom stereocenters. The molecule has 4 heteroatoms. The van der Waals surface area contributed by atoms with E-state index in [1.165, 1.54) is 4.68 Å². The second kappa shape index (κ2) is 3.41. The Morgan fingerprint density at radius 3 is 2.75 bits per heavy atom. The van der Waals surface area contributed by atoms with Crippen LogP contribution in [-0.2, 0) is 0 Å². The predicted molar refractivity (Wildman–Crippen MR) is 59.9 cm³/mol. The monoisotopic (exact) mass is 211 g/mol. The van der Waals surface area contributed by atoms with Gasteiger partial charge in [-0.15, -0.1) is 5.10 Å². The molecule has 3 rings (SSSR count). The Hall–Kier alpha value is -2.23. The van der Waals surface area contributed by atoms with E-state index in [0.29, 0.717) is 0 Å². The number of allylic oxidation sites excluding steroid dienone is 4. The Balaban J connectivity index is 2.09. The minimum atomic E-state index is -0.217. The maximum atomic E-state index is 12.1. The van der Waals surface area contributed by atoms with Crippen molar-refractivity contribution in [3.05, 3.63) is 48.6 Å². The zero-order valence-corrected chi connectivity index (χ0v) is 8.45. The first-order valence-corrected chi connectivity index (χ1v) is 5.06. The van der Waals surface area contributed by atoms with Crippen LogP contribution in [0.1, 0.15) is 4.79 Å². The summed E-state index contributed by atoms with van der Waals surface area (Å²) < 4.78 is 1.36. The van der Waals surface area contributed by atoms with E-state index in [0.717, 1.165) is 11.0 Å². The first-order valence-electron chi connectivity index (χ1n) is 5.06. The van der Waals surface area contributed by atoms with Gasteiger partial charge in [0.25, 0.3) is 5.91 Å². The minimum Gasteiger partial charge on any atom is -0.271 e. The lowest BCUT2D eigenvalue weighted by atomic mass is 10.1. The van der Waals surface area contributed by atoms with E-state index in [1.54, 1.807) is 0 Å². The lowest BCUT2D eigenvalue weighted by molar-refractivity contribution is 0.0871. The van der Waals surface area contributed by atoms with Crippen molar-refractivity contribution < 1.29 is 4.79 Å². The third kappa shape index (κ3) is 1.27. The number of rotatable bonds is 1. The normalized spacial score (nSPS) is 15.0. The first kappa shape index (κ1) is 9.03. The van der Waals surface area contributed by atoms with Crippen LogP contribution < -0.4 is 0 Å². The number of fused-ring (bicyclic) bond motifs is 1.